The SMILES string of the molecule is C=NCc1nn(C(C)C)c2c1CC1(CCNCC1)CC2=O. The number of Topliss-reactive ketones (excluding diaryl/α,β-unsaturated/α-hetero) is 1. The Kier molecular flexibility index (Phi) is 3.69. The third kappa shape index (κ3) is 2.44. The standard InChI is InChI=1S/C16H24N4O/c1-11(2)20-15-12(13(19-20)10-17-3)8-16(9-14(15)21)4-6-18-7-5-16/h11,18H,3-10H2,1-2H3. The van der Waals surface area contributed by atoms with Crippen molar-refractivity contribution >= 4 is 12.5 Å². The van der Waals surface area contributed by atoms with E-state index in [0.717, 1.165) is 49.3 Å². The Balaban J connectivity index is 2.05. The molecule has 1 aromatic rings. The highest BCUT2D eigenvalue weighted by Crippen LogP contribution is 2.43. The molecule has 0 atom stereocenters. The third-order valence-electron chi connectivity index (χ3n) is 4.86. The Morgan fingerprint density at radius 1 is 1.38 bits per heavy atom. The first-order valence-electron chi connectivity index (χ1n) is 7.83. The number of carbonyl (C=O) groups excluding carboxylic acids is 1. The van der Waals surface area contributed by atoms with Crippen LogP contribution >= 0.6 is 0 Å². The van der Waals surface area contributed by atoms with E-state index in [9.17, 15) is 4.79 Å². The van der Waals surface area contributed by atoms with E-state index in [1.54, 1.807) is 0 Å². The van der Waals surface area contributed by atoms with Crippen molar-refractivity contribution in [1.29, 1.82) is 0 Å². The molecule has 1 aromatic heterocycles. The summed E-state index contributed by atoms with van der Waals surface area (Å²) in [5.74, 6) is 0.259. The van der Waals surface area contributed by atoms with Crippen LogP contribution in [0.3, 0.4) is 0 Å². The van der Waals surface area contributed by atoms with Gasteiger partial charge in [0.05, 0.1) is 12.2 Å². The van der Waals surface area contributed by atoms with Crippen LogP contribution in [0.25, 0.3) is 0 Å². The zero-order valence-corrected chi connectivity index (χ0v) is 13.0. The molecule has 3 rings (SSSR count). The number of piperidine rings is 1. The molecule has 0 unspecified atom stereocenters. The van der Waals surface area contributed by atoms with E-state index in [0.29, 0.717) is 13.0 Å². The molecule has 5 nitrogen and oxygen atoms in total. The highest BCUT2D eigenvalue weighted by Gasteiger charge is 2.42. The van der Waals surface area contributed by atoms with Gasteiger partial charge in [-0.3, -0.25) is 14.5 Å². The number of carbonyl (C=O) groups is 1. The second-order valence-corrected chi connectivity index (χ2v) is 6.72. The molecule has 0 amide bonds. The van der Waals surface area contributed by atoms with Crippen LogP contribution in [0.5, 0.6) is 0 Å². The Hall–Kier alpha value is -1.49. The van der Waals surface area contributed by atoms with Gasteiger partial charge >= 0.3 is 0 Å². The normalized spacial score (nSPS) is 20.8. The monoisotopic (exact) mass is 288 g/mol. The molecule has 21 heavy (non-hydrogen) atoms. The average Bonchev–Trinajstić information content (AvgIpc) is 2.79. The average molecular weight is 288 g/mol. The summed E-state index contributed by atoms with van der Waals surface area (Å²) in [6.07, 6.45) is 3.78. The lowest BCUT2D eigenvalue weighted by atomic mass is 9.67. The van der Waals surface area contributed by atoms with Crippen LogP contribution in [0.1, 0.15) is 60.9 Å². The summed E-state index contributed by atoms with van der Waals surface area (Å²) in [6, 6.07) is 0.198. The van der Waals surface area contributed by atoms with Gasteiger partial charge in [0, 0.05) is 18.0 Å². The van der Waals surface area contributed by atoms with Gasteiger partial charge in [-0.25, -0.2) is 0 Å². The van der Waals surface area contributed by atoms with E-state index in [-0.39, 0.29) is 17.2 Å². The molecule has 2 heterocycles. The molecule has 114 valence electrons. The zero-order valence-electron chi connectivity index (χ0n) is 13.0. The first-order valence-corrected chi connectivity index (χ1v) is 7.83. The van der Waals surface area contributed by atoms with Crippen molar-refractivity contribution in [3.63, 3.8) is 0 Å². The first-order chi connectivity index (χ1) is 10.1. The largest absolute Gasteiger partial charge is 0.317 e. The molecule has 1 aliphatic heterocycles. The summed E-state index contributed by atoms with van der Waals surface area (Å²) in [5.41, 5.74) is 3.04. The van der Waals surface area contributed by atoms with Gasteiger partial charge in [0.25, 0.3) is 0 Å². The zero-order chi connectivity index (χ0) is 15.0. The van der Waals surface area contributed by atoms with E-state index >= 15 is 0 Å². The number of nitrogens with zero attached hydrogens (tertiary/aromatic N) is 3. The van der Waals surface area contributed by atoms with Crippen molar-refractivity contribution in [1.82, 2.24) is 15.1 Å². The van der Waals surface area contributed by atoms with E-state index in [4.69, 9.17) is 0 Å². The fraction of sp³-hybridized carbons (Fsp3) is 0.688. The summed E-state index contributed by atoms with van der Waals surface area (Å²) < 4.78 is 1.89. The van der Waals surface area contributed by atoms with Crippen molar-refractivity contribution < 1.29 is 4.79 Å². The van der Waals surface area contributed by atoms with Gasteiger partial charge in [-0.1, -0.05) is 0 Å². The Morgan fingerprint density at radius 2 is 2.10 bits per heavy atom. The van der Waals surface area contributed by atoms with Gasteiger partial charge in [0.1, 0.15) is 5.69 Å². The minimum absolute atomic E-state index is 0.135. The number of aromatic nitrogens is 2. The molecule has 0 radical (unpaired) electrons. The molecule has 1 aliphatic carbocycles. The fourth-order valence-corrected chi connectivity index (χ4v) is 3.78. The molecule has 1 fully saturated rings. The van der Waals surface area contributed by atoms with Crippen LogP contribution in [-0.2, 0) is 13.0 Å². The molecule has 1 spiro atoms. The van der Waals surface area contributed by atoms with Gasteiger partial charge in [0.2, 0.25) is 0 Å². The molecule has 0 bridgehead atoms. The first kappa shape index (κ1) is 14.4. The minimum atomic E-state index is 0.135. The molecule has 1 N–H and O–H groups in total. The summed E-state index contributed by atoms with van der Waals surface area (Å²) >= 11 is 0. The summed E-state index contributed by atoms with van der Waals surface area (Å²) in [7, 11) is 0. The van der Waals surface area contributed by atoms with Gasteiger partial charge in [-0.15, -0.1) is 0 Å². The molecule has 1 saturated heterocycles. The van der Waals surface area contributed by atoms with Crippen LogP contribution < -0.4 is 5.32 Å². The quantitative estimate of drug-likeness (QED) is 0.867. The van der Waals surface area contributed by atoms with Crippen LogP contribution in [0.15, 0.2) is 4.99 Å². The minimum Gasteiger partial charge on any atom is -0.317 e. The number of nitrogens with one attached hydrogen (secondary N) is 1. The van der Waals surface area contributed by atoms with Crippen LogP contribution in [-0.4, -0.2) is 35.4 Å². The Labute approximate surface area is 125 Å². The van der Waals surface area contributed by atoms with Crippen molar-refractivity contribution in [2.75, 3.05) is 13.1 Å². The fourth-order valence-electron chi connectivity index (χ4n) is 3.78. The maximum atomic E-state index is 12.8. The predicted molar refractivity (Wildman–Crippen MR) is 83.1 cm³/mol. The predicted octanol–water partition coefficient (Wildman–Crippen LogP) is 2.16. The molecule has 5 heteroatoms. The van der Waals surface area contributed by atoms with Crippen LogP contribution in [0.2, 0.25) is 0 Å². The maximum Gasteiger partial charge on any atom is 0.181 e. The smallest absolute Gasteiger partial charge is 0.181 e. The molecule has 2 aliphatic rings. The van der Waals surface area contributed by atoms with Gasteiger partial charge in [-0.05, 0) is 58.3 Å². The summed E-state index contributed by atoms with van der Waals surface area (Å²) in [5, 5.41) is 8.05. The number of hydrogen-bond acceptors (Lipinski definition) is 4. The van der Waals surface area contributed by atoms with E-state index in [1.165, 1.54) is 0 Å². The van der Waals surface area contributed by atoms with Crippen molar-refractivity contribution in [2.45, 2.75) is 52.1 Å². The van der Waals surface area contributed by atoms with Gasteiger partial charge in [-0.2, -0.15) is 5.10 Å². The van der Waals surface area contributed by atoms with Crippen molar-refractivity contribution in [3.05, 3.63) is 17.0 Å². The summed E-state index contributed by atoms with van der Waals surface area (Å²) in [4.78, 5) is 16.8. The number of aliphatic imine (C=N–C) groups is 1. The molecule has 0 saturated carbocycles. The summed E-state index contributed by atoms with van der Waals surface area (Å²) in [6.45, 7) is 10.3. The van der Waals surface area contributed by atoms with Crippen molar-refractivity contribution in [3.8, 4) is 0 Å². The Bertz CT molecular complexity index is 567. The van der Waals surface area contributed by atoms with Crippen LogP contribution in [0.4, 0.5) is 0 Å². The second kappa shape index (κ2) is 5.37. The lowest BCUT2D eigenvalue weighted by molar-refractivity contribution is 0.0821. The maximum absolute atomic E-state index is 12.8. The number of ketones is 1. The second-order valence-electron chi connectivity index (χ2n) is 6.72. The molecular formula is C16H24N4O. The third-order valence-corrected chi connectivity index (χ3v) is 4.86. The molecule has 0 aromatic carbocycles. The van der Waals surface area contributed by atoms with Gasteiger partial charge in [0.15, 0.2) is 5.78 Å². The van der Waals surface area contributed by atoms with E-state index in [2.05, 4.69) is 36.0 Å². The molecular weight excluding hydrogens is 264 g/mol. The lowest BCUT2D eigenvalue weighted by Crippen LogP contribution is -2.42. The Morgan fingerprint density at radius 3 is 2.71 bits per heavy atom. The number of rotatable bonds is 3. The van der Waals surface area contributed by atoms with E-state index < -0.39 is 0 Å². The lowest BCUT2D eigenvalue weighted by Gasteiger charge is -2.40. The van der Waals surface area contributed by atoms with Crippen molar-refractivity contribution in [2.24, 2.45) is 10.4 Å². The van der Waals surface area contributed by atoms with Crippen LogP contribution in [0, 0.1) is 5.41 Å². The highest BCUT2D eigenvalue weighted by molar-refractivity contribution is 5.98. The number of hydrogen-bond donors (Lipinski definition) is 1. The number of fused-ring (bicyclic) bond motifs is 1. The van der Waals surface area contributed by atoms with E-state index in [1.807, 2.05) is 4.68 Å². The highest BCUT2D eigenvalue weighted by atomic mass is 16.1. The van der Waals surface area contributed by atoms with Gasteiger partial charge < -0.3 is 5.32 Å². The topological polar surface area (TPSA) is 59.3 Å².